The maximum atomic E-state index is 11.8. The topological polar surface area (TPSA) is 106 Å². The summed E-state index contributed by atoms with van der Waals surface area (Å²) in [6.07, 6.45) is 1.29. The molecule has 0 amide bonds. The molecule has 146 valence electrons. The molecular formula is C20H18N6O2S. The first-order valence-electron chi connectivity index (χ1n) is 8.89. The Morgan fingerprint density at radius 3 is 2.55 bits per heavy atom. The van der Waals surface area contributed by atoms with E-state index in [1.54, 1.807) is 0 Å². The van der Waals surface area contributed by atoms with Gasteiger partial charge in [0.2, 0.25) is 11.6 Å². The fraction of sp³-hybridized carbons (Fsp3) is 0.150. The van der Waals surface area contributed by atoms with E-state index in [0.29, 0.717) is 5.13 Å². The zero-order valence-electron chi connectivity index (χ0n) is 16.1. The van der Waals surface area contributed by atoms with Crippen LogP contribution < -0.4 is 10.6 Å². The highest BCUT2D eigenvalue weighted by Gasteiger charge is 2.24. The van der Waals surface area contributed by atoms with Crippen molar-refractivity contribution in [2.75, 3.05) is 10.6 Å². The van der Waals surface area contributed by atoms with Crippen LogP contribution in [-0.2, 0) is 0 Å². The summed E-state index contributed by atoms with van der Waals surface area (Å²) in [4.78, 5) is 24.0. The maximum absolute atomic E-state index is 11.8. The smallest absolute Gasteiger partial charge is 0.334 e. The van der Waals surface area contributed by atoms with Gasteiger partial charge in [-0.05, 0) is 55.7 Å². The van der Waals surface area contributed by atoms with E-state index in [-0.39, 0.29) is 17.3 Å². The van der Waals surface area contributed by atoms with Crippen molar-refractivity contribution in [1.82, 2.24) is 15.0 Å². The lowest BCUT2D eigenvalue weighted by atomic mass is 10.1. The fourth-order valence-corrected chi connectivity index (χ4v) is 3.90. The molecule has 2 N–H and O–H groups in total. The SMILES string of the molecule is Cc1ccc2nc(Nc3ncnc(Nc4cccc(C)c4C)c3[N+](=O)[O-])sc2c1. The van der Waals surface area contributed by atoms with Crippen LogP contribution in [0.3, 0.4) is 0 Å². The van der Waals surface area contributed by atoms with Crippen molar-refractivity contribution in [3.8, 4) is 0 Å². The molecule has 0 radical (unpaired) electrons. The minimum atomic E-state index is -0.493. The number of benzene rings is 2. The molecule has 0 saturated heterocycles. The minimum Gasteiger partial charge on any atom is -0.334 e. The van der Waals surface area contributed by atoms with E-state index in [1.807, 2.05) is 57.2 Å². The predicted octanol–water partition coefficient (Wildman–Crippen LogP) is 5.41. The quantitative estimate of drug-likeness (QED) is 0.337. The number of nitrogens with zero attached hydrogens (tertiary/aromatic N) is 4. The number of aryl methyl sites for hydroxylation is 2. The zero-order chi connectivity index (χ0) is 20.5. The molecule has 0 spiro atoms. The van der Waals surface area contributed by atoms with Gasteiger partial charge in [-0.3, -0.25) is 10.1 Å². The van der Waals surface area contributed by atoms with E-state index in [0.717, 1.165) is 32.6 Å². The van der Waals surface area contributed by atoms with Crippen molar-refractivity contribution in [3.05, 3.63) is 69.5 Å². The van der Waals surface area contributed by atoms with Gasteiger partial charge in [0.05, 0.1) is 15.1 Å². The summed E-state index contributed by atoms with van der Waals surface area (Å²) in [7, 11) is 0. The van der Waals surface area contributed by atoms with Gasteiger partial charge < -0.3 is 10.6 Å². The molecule has 0 aliphatic carbocycles. The molecule has 0 atom stereocenters. The molecule has 8 nitrogen and oxygen atoms in total. The number of hydrogen-bond donors (Lipinski definition) is 2. The van der Waals surface area contributed by atoms with Gasteiger partial charge in [-0.1, -0.05) is 29.5 Å². The number of anilines is 4. The Balaban J connectivity index is 1.72. The predicted molar refractivity (Wildman–Crippen MR) is 116 cm³/mol. The highest BCUT2D eigenvalue weighted by atomic mass is 32.1. The van der Waals surface area contributed by atoms with Crippen LogP contribution in [-0.4, -0.2) is 19.9 Å². The maximum Gasteiger partial charge on any atom is 0.353 e. The summed E-state index contributed by atoms with van der Waals surface area (Å²) < 4.78 is 0.998. The Morgan fingerprint density at radius 1 is 1.03 bits per heavy atom. The second-order valence-electron chi connectivity index (χ2n) is 6.66. The molecule has 0 saturated carbocycles. The van der Waals surface area contributed by atoms with E-state index in [2.05, 4.69) is 25.6 Å². The molecule has 0 aliphatic heterocycles. The zero-order valence-corrected chi connectivity index (χ0v) is 16.9. The van der Waals surface area contributed by atoms with E-state index in [9.17, 15) is 10.1 Å². The van der Waals surface area contributed by atoms with Crippen molar-refractivity contribution in [2.45, 2.75) is 20.8 Å². The van der Waals surface area contributed by atoms with Gasteiger partial charge in [0.1, 0.15) is 6.33 Å². The van der Waals surface area contributed by atoms with Crippen LogP contribution in [0.4, 0.5) is 28.1 Å². The molecule has 2 aromatic heterocycles. The van der Waals surface area contributed by atoms with Crippen LogP contribution >= 0.6 is 11.3 Å². The number of thiazole rings is 1. The summed E-state index contributed by atoms with van der Waals surface area (Å²) in [5.41, 5.74) is 4.55. The number of nitro groups is 1. The molecule has 0 aliphatic rings. The lowest BCUT2D eigenvalue weighted by Crippen LogP contribution is -2.06. The summed E-state index contributed by atoms with van der Waals surface area (Å²) in [6, 6.07) is 11.7. The summed E-state index contributed by atoms with van der Waals surface area (Å²) >= 11 is 1.42. The van der Waals surface area contributed by atoms with Crippen molar-refractivity contribution >= 4 is 49.7 Å². The Hall–Kier alpha value is -3.59. The first-order chi connectivity index (χ1) is 13.9. The van der Waals surface area contributed by atoms with E-state index < -0.39 is 4.92 Å². The van der Waals surface area contributed by atoms with Gasteiger partial charge in [-0.15, -0.1) is 0 Å². The molecular weight excluding hydrogens is 388 g/mol. The van der Waals surface area contributed by atoms with Crippen molar-refractivity contribution in [3.63, 3.8) is 0 Å². The highest BCUT2D eigenvalue weighted by molar-refractivity contribution is 7.22. The van der Waals surface area contributed by atoms with Crippen LogP contribution in [0, 0.1) is 30.9 Å². The number of rotatable bonds is 5. The average Bonchev–Trinajstić information content (AvgIpc) is 3.06. The molecule has 0 bridgehead atoms. The normalized spacial score (nSPS) is 10.9. The molecule has 9 heteroatoms. The molecule has 0 fully saturated rings. The fourth-order valence-electron chi connectivity index (χ4n) is 2.94. The first-order valence-corrected chi connectivity index (χ1v) is 9.71. The summed E-state index contributed by atoms with van der Waals surface area (Å²) in [6.45, 7) is 5.94. The summed E-state index contributed by atoms with van der Waals surface area (Å²) in [5.74, 6) is 0.215. The largest absolute Gasteiger partial charge is 0.353 e. The number of hydrogen-bond acceptors (Lipinski definition) is 8. The molecule has 2 heterocycles. The Kier molecular flexibility index (Phi) is 4.81. The van der Waals surface area contributed by atoms with Gasteiger partial charge >= 0.3 is 5.69 Å². The lowest BCUT2D eigenvalue weighted by molar-refractivity contribution is -0.383. The van der Waals surface area contributed by atoms with E-state index in [1.165, 1.54) is 17.7 Å². The first kappa shape index (κ1) is 18.8. The van der Waals surface area contributed by atoms with E-state index in [4.69, 9.17) is 0 Å². The van der Waals surface area contributed by atoms with E-state index >= 15 is 0 Å². The van der Waals surface area contributed by atoms with Crippen molar-refractivity contribution in [1.29, 1.82) is 0 Å². The Labute approximate surface area is 170 Å². The third kappa shape index (κ3) is 3.72. The van der Waals surface area contributed by atoms with Crippen LogP contribution in [0.2, 0.25) is 0 Å². The van der Waals surface area contributed by atoms with Crippen LogP contribution in [0.5, 0.6) is 0 Å². The van der Waals surface area contributed by atoms with Gasteiger partial charge in [-0.25, -0.2) is 15.0 Å². The number of aromatic nitrogens is 3. The molecule has 4 rings (SSSR count). The van der Waals surface area contributed by atoms with Crippen LogP contribution in [0.25, 0.3) is 10.2 Å². The third-order valence-corrected chi connectivity index (χ3v) is 5.57. The minimum absolute atomic E-state index is 0.0913. The van der Waals surface area contributed by atoms with Gasteiger partial charge in [0.25, 0.3) is 0 Å². The van der Waals surface area contributed by atoms with Gasteiger partial charge in [0.15, 0.2) is 5.13 Å². The van der Waals surface area contributed by atoms with Crippen molar-refractivity contribution < 1.29 is 4.92 Å². The lowest BCUT2D eigenvalue weighted by Gasteiger charge is -2.12. The number of nitrogens with one attached hydrogen (secondary N) is 2. The van der Waals surface area contributed by atoms with Crippen LogP contribution in [0.15, 0.2) is 42.7 Å². The standard InChI is InChI=1S/C20H18N6O2S/c1-11-7-8-15-16(9-11)29-20(24-15)25-19-17(26(27)28)18(21-10-22-19)23-14-6-4-5-12(2)13(14)3/h4-10H,1-3H3,(H2,21,22,23,24,25). The van der Waals surface area contributed by atoms with Gasteiger partial charge in [0, 0.05) is 5.69 Å². The van der Waals surface area contributed by atoms with Crippen molar-refractivity contribution in [2.24, 2.45) is 0 Å². The number of fused-ring (bicyclic) bond motifs is 1. The van der Waals surface area contributed by atoms with Crippen LogP contribution in [0.1, 0.15) is 16.7 Å². The summed E-state index contributed by atoms with van der Waals surface area (Å²) in [5, 5.41) is 18.4. The van der Waals surface area contributed by atoms with Gasteiger partial charge in [-0.2, -0.15) is 0 Å². The Morgan fingerprint density at radius 2 is 1.79 bits per heavy atom. The second kappa shape index (κ2) is 7.44. The highest BCUT2D eigenvalue weighted by Crippen LogP contribution is 2.36. The Bertz CT molecular complexity index is 1240. The molecule has 0 unspecified atom stereocenters. The molecule has 29 heavy (non-hydrogen) atoms. The monoisotopic (exact) mass is 406 g/mol. The second-order valence-corrected chi connectivity index (χ2v) is 7.69. The molecule has 4 aromatic rings. The molecule has 2 aromatic carbocycles. The average molecular weight is 406 g/mol. The third-order valence-electron chi connectivity index (χ3n) is 4.63.